The summed E-state index contributed by atoms with van der Waals surface area (Å²) in [5.41, 5.74) is 1.55. The Hall–Kier alpha value is -1.65. The third-order valence-electron chi connectivity index (χ3n) is 2.53. The van der Waals surface area contributed by atoms with Crippen LogP contribution in [-0.2, 0) is 10.0 Å². The largest absolute Gasteiger partial charge is 0.283 e. The van der Waals surface area contributed by atoms with Crippen molar-refractivity contribution in [3.63, 3.8) is 0 Å². The Labute approximate surface area is 117 Å². The van der Waals surface area contributed by atoms with Gasteiger partial charge in [-0.2, -0.15) is 8.42 Å². The van der Waals surface area contributed by atoms with Crippen LogP contribution >= 0.6 is 11.6 Å². The van der Waals surface area contributed by atoms with Gasteiger partial charge in [-0.3, -0.25) is 0 Å². The van der Waals surface area contributed by atoms with E-state index in [1.54, 1.807) is 36.4 Å². The number of halogens is 1. The summed E-state index contributed by atoms with van der Waals surface area (Å²) in [6.45, 7) is 1.89. The van der Waals surface area contributed by atoms with Gasteiger partial charge in [0.25, 0.3) is 10.0 Å². The molecule has 0 bridgehead atoms. The van der Waals surface area contributed by atoms with E-state index in [0.717, 1.165) is 5.56 Å². The van der Waals surface area contributed by atoms with E-state index in [-0.39, 0.29) is 10.1 Å². The Bertz CT molecular complexity index is 692. The summed E-state index contributed by atoms with van der Waals surface area (Å²) in [6.07, 6.45) is 0. The fourth-order valence-corrected chi connectivity index (χ4v) is 2.80. The van der Waals surface area contributed by atoms with Gasteiger partial charge in [0.05, 0.1) is 4.90 Å². The molecule has 0 amide bonds. The van der Waals surface area contributed by atoms with Gasteiger partial charge in [-0.05, 0) is 19.1 Å². The van der Waals surface area contributed by atoms with E-state index < -0.39 is 10.0 Å². The fraction of sp³-hybridized carbons (Fsp3) is 0.0714. The lowest BCUT2D eigenvalue weighted by Gasteiger charge is -2.01. The van der Waals surface area contributed by atoms with Crippen LogP contribution in [0.4, 0.5) is 0 Å². The van der Waals surface area contributed by atoms with Gasteiger partial charge in [0.2, 0.25) is 0 Å². The summed E-state index contributed by atoms with van der Waals surface area (Å²) in [6, 6.07) is 15.2. The smallest absolute Gasteiger partial charge is 0.199 e. The van der Waals surface area contributed by atoms with E-state index >= 15 is 0 Å². The van der Waals surface area contributed by atoms with Crippen molar-refractivity contribution in [2.45, 2.75) is 11.8 Å². The molecule has 19 heavy (non-hydrogen) atoms. The molecule has 0 heterocycles. The highest BCUT2D eigenvalue weighted by molar-refractivity contribution is 7.90. The normalized spacial score (nSPS) is 12.4. The maximum atomic E-state index is 12.1. The third kappa shape index (κ3) is 3.43. The summed E-state index contributed by atoms with van der Waals surface area (Å²) < 4.78 is 27.7. The average Bonchev–Trinajstić information content (AvgIpc) is 2.40. The second-order valence-electron chi connectivity index (χ2n) is 4.04. The molecule has 0 spiro atoms. The quantitative estimate of drug-likeness (QED) is 0.815. The monoisotopic (exact) mass is 293 g/mol. The van der Waals surface area contributed by atoms with Crippen molar-refractivity contribution in [1.29, 1.82) is 0 Å². The van der Waals surface area contributed by atoms with Crippen LogP contribution in [-0.4, -0.2) is 13.6 Å². The van der Waals surface area contributed by atoms with Crippen LogP contribution in [0.3, 0.4) is 0 Å². The van der Waals surface area contributed by atoms with Gasteiger partial charge in [0.1, 0.15) is 5.17 Å². The molecule has 5 heteroatoms. The molecule has 0 saturated heterocycles. The lowest BCUT2D eigenvalue weighted by molar-refractivity contribution is 0.598. The van der Waals surface area contributed by atoms with Crippen molar-refractivity contribution in [1.82, 2.24) is 0 Å². The van der Waals surface area contributed by atoms with Crippen molar-refractivity contribution < 1.29 is 8.42 Å². The van der Waals surface area contributed by atoms with Gasteiger partial charge in [-0.1, -0.05) is 59.6 Å². The summed E-state index contributed by atoms with van der Waals surface area (Å²) in [7, 11) is -3.77. The molecule has 2 aromatic carbocycles. The predicted molar refractivity (Wildman–Crippen MR) is 77.2 cm³/mol. The number of hydrogen-bond acceptors (Lipinski definition) is 2. The van der Waals surface area contributed by atoms with Gasteiger partial charge >= 0.3 is 0 Å². The Morgan fingerprint density at radius 3 is 2.16 bits per heavy atom. The number of aryl methyl sites for hydroxylation is 1. The summed E-state index contributed by atoms with van der Waals surface area (Å²) in [5, 5.41) is -0.0406. The molecular formula is C14H12ClNO2S. The van der Waals surface area contributed by atoms with Crippen LogP contribution in [0.25, 0.3) is 0 Å². The van der Waals surface area contributed by atoms with Crippen molar-refractivity contribution in [2.24, 2.45) is 4.40 Å². The standard InChI is InChI=1S/C14H12ClNO2S/c1-11-7-9-13(10-8-11)19(17,18)16-14(15)12-5-3-2-4-6-12/h2-10H,1H3/b16-14-. The molecule has 0 aliphatic rings. The molecule has 98 valence electrons. The zero-order valence-corrected chi connectivity index (χ0v) is 11.8. The molecule has 0 unspecified atom stereocenters. The SMILES string of the molecule is Cc1ccc(S(=O)(=O)/N=C(\Cl)c2ccccc2)cc1. The van der Waals surface area contributed by atoms with Crippen molar-refractivity contribution in [3.8, 4) is 0 Å². The lowest BCUT2D eigenvalue weighted by Crippen LogP contribution is -2.01. The zero-order valence-electron chi connectivity index (χ0n) is 10.2. The molecule has 0 saturated carbocycles. The first-order chi connectivity index (χ1) is 8.99. The van der Waals surface area contributed by atoms with E-state index in [4.69, 9.17) is 11.6 Å². The second-order valence-corrected chi connectivity index (χ2v) is 6.00. The molecule has 0 aliphatic carbocycles. The molecule has 0 aromatic heterocycles. The van der Waals surface area contributed by atoms with E-state index in [1.165, 1.54) is 12.1 Å². The average molecular weight is 294 g/mol. The minimum absolute atomic E-state index is 0.0406. The molecular weight excluding hydrogens is 282 g/mol. The van der Waals surface area contributed by atoms with Crippen molar-refractivity contribution in [3.05, 3.63) is 65.7 Å². The van der Waals surface area contributed by atoms with Crippen LogP contribution in [0, 0.1) is 6.92 Å². The van der Waals surface area contributed by atoms with Crippen LogP contribution in [0.2, 0.25) is 0 Å². The maximum Gasteiger partial charge on any atom is 0.283 e. The summed E-state index contributed by atoms with van der Waals surface area (Å²) in [4.78, 5) is 0.132. The first kappa shape index (κ1) is 13.8. The first-order valence-electron chi connectivity index (χ1n) is 5.61. The molecule has 0 radical (unpaired) electrons. The highest BCUT2D eigenvalue weighted by Crippen LogP contribution is 2.16. The number of sulfonamides is 1. The van der Waals surface area contributed by atoms with Crippen LogP contribution in [0.15, 0.2) is 63.9 Å². The minimum atomic E-state index is -3.77. The Kier molecular flexibility index (Phi) is 4.02. The predicted octanol–water partition coefficient (Wildman–Crippen LogP) is 3.37. The first-order valence-corrected chi connectivity index (χ1v) is 7.43. The lowest BCUT2D eigenvalue weighted by atomic mass is 10.2. The van der Waals surface area contributed by atoms with Gasteiger partial charge in [0, 0.05) is 5.56 Å². The fourth-order valence-electron chi connectivity index (χ4n) is 1.50. The molecule has 3 nitrogen and oxygen atoms in total. The second kappa shape index (κ2) is 5.55. The third-order valence-corrected chi connectivity index (χ3v) is 4.22. The van der Waals surface area contributed by atoms with E-state index in [2.05, 4.69) is 4.40 Å². The van der Waals surface area contributed by atoms with Crippen molar-refractivity contribution >= 4 is 26.8 Å². The van der Waals surface area contributed by atoms with Crippen LogP contribution < -0.4 is 0 Å². The molecule has 0 atom stereocenters. The van der Waals surface area contributed by atoms with E-state index in [1.807, 2.05) is 13.0 Å². The molecule has 0 fully saturated rings. The van der Waals surface area contributed by atoms with Gasteiger partial charge < -0.3 is 0 Å². The summed E-state index contributed by atoms with van der Waals surface area (Å²) in [5.74, 6) is 0. The zero-order chi connectivity index (χ0) is 13.9. The Morgan fingerprint density at radius 2 is 1.58 bits per heavy atom. The highest BCUT2D eigenvalue weighted by Gasteiger charge is 2.14. The topological polar surface area (TPSA) is 46.5 Å². The van der Waals surface area contributed by atoms with Gasteiger partial charge in [-0.25, -0.2) is 0 Å². The van der Waals surface area contributed by atoms with Crippen LogP contribution in [0.5, 0.6) is 0 Å². The minimum Gasteiger partial charge on any atom is -0.199 e. The molecule has 0 aliphatic heterocycles. The highest BCUT2D eigenvalue weighted by atomic mass is 35.5. The Morgan fingerprint density at radius 1 is 1.00 bits per heavy atom. The van der Waals surface area contributed by atoms with Crippen LogP contribution in [0.1, 0.15) is 11.1 Å². The van der Waals surface area contributed by atoms with E-state index in [9.17, 15) is 8.42 Å². The summed E-state index contributed by atoms with van der Waals surface area (Å²) >= 11 is 5.94. The van der Waals surface area contributed by atoms with E-state index in [0.29, 0.717) is 5.56 Å². The van der Waals surface area contributed by atoms with Gasteiger partial charge in [-0.15, -0.1) is 4.40 Å². The Balaban J connectivity index is 2.39. The number of hydrogen-bond donors (Lipinski definition) is 0. The number of benzene rings is 2. The molecule has 2 aromatic rings. The van der Waals surface area contributed by atoms with Crippen molar-refractivity contribution in [2.75, 3.05) is 0 Å². The number of nitrogens with zero attached hydrogens (tertiary/aromatic N) is 1. The molecule has 2 rings (SSSR count). The van der Waals surface area contributed by atoms with Gasteiger partial charge in [0.15, 0.2) is 0 Å². The number of rotatable bonds is 3. The molecule has 0 N–H and O–H groups in total. The maximum absolute atomic E-state index is 12.1.